The minimum Gasteiger partial charge on any atom is -0.379 e. The average Bonchev–Trinajstić information content (AvgIpc) is 2.85. The zero-order valence-electron chi connectivity index (χ0n) is 8.57. The van der Waals surface area contributed by atoms with Crippen LogP contribution in [0.1, 0.15) is 25.1 Å². The lowest BCUT2D eigenvalue weighted by Crippen LogP contribution is -2.14. The molecular weight excluding hydrogens is 178 g/mol. The van der Waals surface area contributed by atoms with E-state index in [-0.39, 0.29) is 0 Å². The summed E-state index contributed by atoms with van der Waals surface area (Å²) in [7, 11) is 0. The van der Waals surface area contributed by atoms with Gasteiger partial charge in [0.25, 0.3) is 0 Å². The third-order valence-electron chi connectivity index (χ3n) is 2.50. The monoisotopic (exact) mass is 195 g/mol. The Morgan fingerprint density at radius 3 is 3.36 bits per heavy atom. The van der Waals surface area contributed by atoms with Crippen LogP contribution in [0.25, 0.3) is 0 Å². The third-order valence-corrected chi connectivity index (χ3v) is 2.50. The Hall–Kier alpha value is -0.870. The molecule has 78 valence electrons. The smallest absolute Gasteiger partial charge is 0.0774 e. The van der Waals surface area contributed by atoms with Gasteiger partial charge in [-0.15, -0.1) is 0 Å². The summed E-state index contributed by atoms with van der Waals surface area (Å²) >= 11 is 0. The SMILES string of the molecule is CCNCc1ccn(C2CCOC2)n1. The first-order valence-corrected chi connectivity index (χ1v) is 5.22. The minimum absolute atomic E-state index is 0.449. The van der Waals surface area contributed by atoms with Gasteiger partial charge in [0.15, 0.2) is 0 Å². The first kappa shape index (κ1) is 9.68. The van der Waals surface area contributed by atoms with Crippen molar-refractivity contribution in [2.45, 2.75) is 25.9 Å². The summed E-state index contributed by atoms with van der Waals surface area (Å²) in [5.41, 5.74) is 1.11. The standard InChI is InChI=1S/C10H17N3O/c1-2-11-7-9-3-5-13(12-9)10-4-6-14-8-10/h3,5,10-11H,2,4,6-8H2,1H3. The summed E-state index contributed by atoms with van der Waals surface area (Å²) in [5.74, 6) is 0. The topological polar surface area (TPSA) is 39.1 Å². The summed E-state index contributed by atoms with van der Waals surface area (Å²) in [4.78, 5) is 0. The first-order valence-electron chi connectivity index (χ1n) is 5.22. The molecule has 0 saturated carbocycles. The number of hydrogen-bond donors (Lipinski definition) is 1. The fourth-order valence-corrected chi connectivity index (χ4v) is 1.66. The molecular formula is C10H17N3O. The summed E-state index contributed by atoms with van der Waals surface area (Å²) in [6.45, 7) is 5.62. The zero-order valence-corrected chi connectivity index (χ0v) is 8.57. The second-order valence-corrected chi connectivity index (χ2v) is 3.58. The van der Waals surface area contributed by atoms with Crippen LogP contribution in [0.4, 0.5) is 0 Å². The van der Waals surface area contributed by atoms with E-state index in [1.165, 1.54) is 0 Å². The van der Waals surface area contributed by atoms with Crippen LogP contribution in [-0.4, -0.2) is 29.5 Å². The highest BCUT2D eigenvalue weighted by atomic mass is 16.5. The van der Waals surface area contributed by atoms with Gasteiger partial charge in [-0.1, -0.05) is 6.92 Å². The van der Waals surface area contributed by atoms with Crippen LogP contribution in [0.5, 0.6) is 0 Å². The molecule has 1 saturated heterocycles. The molecule has 4 nitrogen and oxygen atoms in total. The third kappa shape index (κ3) is 2.13. The predicted molar refractivity (Wildman–Crippen MR) is 54.1 cm³/mol. The quantitative estimate of drug-likeness (QED) is 0.777. The number of rotatable bonds is 4. The van der Waals surface area contributed by atoms with Crippen molar-refractivity contribution in [2.24, 2.45) is 0 Å². The second-order valence-electron chi connectivity index (χ2n) is 3.58. The number of nitrogens with zero attached hydrogens (tertiary/aromatic N) is 2. The Bertz CT molecular complexity index is 279. The van der Waals surface area contributed by atoms with Crippen LogP contribution in [0, 0.1) is 0 Å². The van der Waals surface area contributed by atoms with Crippen molar-refractivity contribution in [1.82, 2.24) is 15.1 Å². The molecule has 1 aromatic rings. The molecule has 1 aliphatic heterocycles. The summed E-state index contributed by atoms with van der Waals surface area (Å²) < 4.78 is 7.35. The highest BCUT2D eigenvalue weighted by molar-refractivity contribution is 4.99. The highest BCUT2D eigenvalue weighted by Crippen LogP contribution is 2.17. The van der Waals surface area contributed by atoms with Crippen molar-refractivity contribution < 1.29 is 4.74 Å². The van der Waals surface area contributed by atoms with Crippen LogP contribution < -0.4 is 5.32 Å². The van der Waals surface area contributed by atoms with Gasteiger partial charge in [0.1, 0.15) is 0 Å². The molecule has 1 aromatic heterocycles. The zero-order chi connectivity index (χ0) is 9.80. The van der Waals surface area contributed by atoms with Crippen molar-refractivity contribution in [2.75, 3.05) is 19.8 Å². The summed E-state index contributed by atoms with van der Waals surface area (Å²) in [6, 6.07) is 2.52. The van der Waals surface area contributed by atoms with E-state index in [0.717, 1.165) is 38.4 Å². The van der Waals surface area contributed by atoms with Gasteiger partial charge in [-0.3, -0.25) is 4.68 Å². The summed E-state index contributed by atoms with van der Waals surface area (Å²) in [6.07, 6.45) is 3.13. The maximum Gasteiger partial charge on any atom is 0.0774 e. The molecule has 0 aromatic carbocycles. The lowest BCUT2D eigenvalue weighted by molar-refractivity contribution is 0.184. The van der Waals surface area contributed by atoms with Crippen molar-refractivity contribution in [3.05, 3.63) is 18.0 Å². The molecule has 4 heteroatoms. The predicted octanol–water partition coefficient (Wildman–Crippen LogP) is 0.954. The molecule has 1 atom stereocenters. The molecule has 0 radical (unpaired) electrons. The van der Waals surface area contributed by atoms with Crippen LogP contribution in [0.15, 0.2) is 12.3 Å². The molecule has 1 N–H and O–H groups in total. The van der Waals surface area contributed by atoms with E-state index in [4.69, 9.17) is 4.74 Å². The van der Waals surface area contributed by atoms with E-state index in [9.17, 15) is 0 Å². The molecule has 2 heterocycles. The van der Waals surface area contributed by atoms with Crippen LogP contribution >= 0.6 is 0 Å². The molecule has 1 aliphatic rings. The Morgan fingerprint density at radius 2 is 2.64 bits per heavy atom. The lowest BCUT2D eigenvalue weighted by atomic mass is 10.3. The molecule has 1 unspecified atom stereocenters. The van der Waals surface area contributed by atoms with Gasteiger partial charge >= 0.3 is 0 Å². The van der Waals surface area contributed by atoms with E-state index in [1.807, 2.05) is 10.9 Å². The van der Waals surface area contributed by atoms with Gasteiger partial charge in [-0.25, -0.2) is 0 Å². The number of hydrogen-bond acceptors (Lipinski definition) is 3. The molecule has 0 bridgehead atoms. The van der Waals surface area contributed by atoms with Gasteiger partial charge in [0.2, 0.25) is 0 Å². The van der Waals surface area contributed by atoms with Gasteiger partial charge in [0, 0.05) is 19.3 Å². The molecule has 0 spiro atoms. The first-order chi connectivity index (χ1) is 6.90. The van der Waals surface area contributed by atoms with Crippen molar-refractivity contribution in [3.63, 3.8) is 0 Å². The number of ether oxygens (including phenoxy) is 1. The van der Waals surface area contributed by atoms with Crippen LogP contribution in [-0.2, 0) is 11.3 Å². The van der Waals surface area contributed by atoms with E-state index in [1.54, 1.807) is 0 Å². The Kier molecular flexibility index (Phi) is 3.16. The molecule has 0 aliphatic carbocycles. The van der Waals surface area contributed by atoms with Crippen LogP contribution in [0.2, 0.25) is 0 Å². The Labute approximate surface area is 84.3 Å². The highest BCUT2D eigenvalue weighted by Gasteiger charge is 2.17. The number of aromatic nitrogens is 2. The maximum absolute atomic E-state index is 5.33. The molecule has 2 rings (SSSR count). The second kappa shape index (κ2) is 4.57. The van der Waals surface area contributed by atoms with E-state index in [2.05, 4.69) is 23.4 Å². The van der Waals surface area contributed by atoms with E-state index < -0.39 is 0 Å². The van der Waals surface area contributed by atoms with E-state index >= 15 is 0 Å². The van der Waals surface area contributed by atoms with Crippen LogP contribution in [0.3, 0.4) is 0 Å². The normalized spacial score (nSPS) is 21.6. The van der Waals surface area contributed by atoms with Gasteiger partial charge < -0.3 is 10.1 Å². The summed E-state index contributed by atoms with van der Waals surface area (Å²) in [5, 5.41) is 7.77. The van der Waals surface area contributed by atoms with Gasteiger partial charge in [0.05, 0.1) is 18.3 Å². The van der Waals surface area contributed by atoms with Gasteiger partial charge in [-0.2, -0.15) is 5.10 Å². The maximum atomic E-state index is 5.33. The minimum atomic E-state index is 0.449. The number of nitrogens with one attached hydrogen (secondary N) is 1. The van der Waals surface area contributed by atoms with E-state index in [0.29, 0.717) is 6.04 Å². The fraction of sp³-hybridized carbons (Fsp3) is 0.700. The Balaban J connectivity index is 1.94. The Morgan fingerprint density at radius 1 is 1.71 bits per heavy atom. The fourth-order valence-electron chi connectivity index (χ4n) is 1.66. The van der Waals surface area contributed by atoms with Gasteiger partial charge in [-0.05, 0) is 19.0 Å². The average molecular weight is 195 g/mol. The molecule has 14 heavy (non-hydrogen) atoms. The van der Waals surface area contributed by atoms with Crippen molar-refractivity contribution in [3.8, 4) is 0 Å². The van der Waals surface area contributed by atoms with Crippen molar-refractivity contribution in [1.29, 1.82) is 0 Å². The van der Waals surface area contributed by atoms with Crippen molar-refractivity contribution >= 4 is 0 Å². The largest absolute Gasteiger partial charge is 0.379 e. The molecule has 0 amide bonds. The lowest BCUT2D eigenvalue weighted by Gasteiger charge is -2.07. The molecule has 1 fully saturated rings.